The number of hydrogen-bond donors (Lipinski definition) is 2. The molecule has 0 aliphatic heterocycles. The molecular formula is C19H16F2N8O4S2. The van der Waals surface area contributed by atoms with Crippen molar-refractivity contribution >= 4 is 44.7 Å². The minimum absolute atomic E-state index is 0.0489. The monoisotopic (exact) mass is 522 g/mol. The lowest BCUT2D eigenvalue weighted by Gasteiger charge is -2.26. The number of hydrogen-bond acceptors (Lipinski definition) is 10. The quantitative estimate of drug-likeness (QED) is 0.328. The molecule has 182 valence electrons. The van der Waals surface area contributed by atoms with Gasteiger partial charge in [-0.1, -0.05) is 11.3 Å². The molecule has 5 rings (SSSR count). The van der Waals surface area contributed by atoms with Gasteiger partial charge in [-0.05, 0) is 31.0 Å². The number of carbonyl (C=O) groups is 1. The number of ether oxygens (including phenoxy) is 1. The third-order valence-electron chi connectivity index (χ3n) is 5.56. The second-order valence-corrected chi connectivity index (χ2v) is 9.44. The Morgan fingerprint density at radius 2 is 2.09 bits per heavy atom. The SMILES string of the molecule is COc1nccc(-c2cc(N([SH](=O)=O)C3(C(N)=O)CC3)cc3c2cnn3-c2nnc(C(F)F)s2)n1. The van der Waals surface area contributed by atoms with Crippen LogP contribution in [0.2, 0.25) is 0 Å². The van der Waals surface area contributed by atoms with Crippen molar-refractivity contribution in [3.8, 4) is 22.4 Å². The molecule has 3 heterocycles. The number of halogens is 2. The molecule has 1 fully saturated rings. The molecule has 4 aromatic rings. The largest absolute Gasteiger partial charge is 0.467 e. The summed E-state index contributed by atoms with van der Waals surface area (Å²) < 4.78 is 58.2. The van der Waals surface area contributed by atoms with Crippen molar-refractivity contribution in [1.82, 2.24) is 29.9 Å². The van der Waals surface area contributed by atoms with Crippen molar-refractivity contribution in [3.63, 3.8) is 0 Å². The fraction of sp³-hybridized carbons (Fsp3) is 0.263. The van der Waals surface area contributed by atoms with E-state index >= 15 is 0 Å². The van der Waals surface area contributed by atoms with Crippen molar-refractivity contribution in [3.05, 3.63) is 35.6 Å². The van der Waals surface area contributed by atoms with Gasteiger partial charge >= 0.3 is 6.01 Å². The van der Waals surface area contributed by atoms with Gasteiger partial charge in [-0.3, -0.25) is 9.10 Å². The Labute approximate surface area is 201 Å². The maximum atomic E-state index is 13.1. The maximum Gasteiger partial charge on any atom is 0.316 e. The van der Waals surface area contributed by atoms with Gasteiger partial charge < -0.3 is 10.5 Å². The third-order valence-corrected chi connectivity index (χ3v) is 7.41. The van der Waals surface area contributed by atoms with Crippen molar-refractivity contribution < 1.29 is 26.7 Å². The van der Waals surface area contributed by atoms with Gasteiger partial charge in [-0.15, -0.1) is 10.2 Å². The van der Waals surface area contributed by atoms with Gasteiger partial charge in [0.25, 0.3) is 6.43 Å². The Hall–Kier alpha value is -3.79. The Morgan fingerprint density at radius 1 is 1.31 bits per heavy atom. The molecule has 0 unspecified atom stereocenters. The van der Waals surface area contributed by atoms with Crippen LogP contribution in [0.5, 0.6) is 6.01 Å². The van der Waals surface area contributed by atoms with Crippen LogP contribution in [-0.2, 0) is 15.7 Å². The van der Waals surface area contributed by atoms with E-state index in [4.69, 9.17) is 10.5 Å². The van der Waals surface area contributed by atoms with E-state index in [1.165, 1.54) is 36.3 Å². The summed E-state index contributed by atoms with van der Waals surface area (Å²) in [4.78, 5) is 20.5. The lowest BCUT2D eigenvalue weighted by atomic mass is 10.0. The second kappa shape index (κ2) is 8.46. The molecule has 0 saturated heterocycles. The van der Waals surface area contributed by atoms with Gasteiger partial charge in [0.15, 0.2) is 5.01 Å². The third kappa shape index (κ3) is 3.83. The lowest BCUT2D eigenvalue weighted by Crippen LogP contribution is -2.46. The average Bonchev–Trinajstić information content (AvgIpc) is 3.27. The summed E-state index contributed by atoms with van der Waals surface area (Å²) in [6, 6.07) is 4.67. The number of aromatic nitrogens is 6. The number of nitrogens with zero attached hydrogens (tertiary/aromatic N) is 7. The summed E-state index contributed by atoms with van der Waals surface area (Å²) in [6.45, 7) is 0. The van der Waals surface area contributed by atoms with Crippen molar-refractivity contribution in [1.29, 1.82) is 0 Å². The maximum absolute atomic E-state index is 13.1. The lowest BCUT2D eigenvalue weighted by molar-refractivity contribution is -0.119. The molecule has 16 heteroatoms. The van der Waals surface area contributed by atoms with Gasteiger partial charge in [-0.2, -0.15) is 10.1 Å². The number of amides is 1. The van der Waals surface area contributed by atoms with Gasteiger partial charge in [0, 0.05) is 17.1 Å². The van der Waals surface area contributed by atoms with E-state index in [1.54, 1.807) is 6.07 Å². The summed E-state index contributed by atoms with van der Waals surface area (Å²) in [6.07, 6.45) is 0.630. The predicted octanol–water partition coefficient (Wildman–Crippen LogP) is 1.63. The van der Waals surface area contributed by atoms with Crippen LogP contribution in [0.4, 0.5) is 14.5 Å². The van der Waals surface area contributed by atoms with Gasteiger partial charge in [0.05, 0.1) is 30.2 Å². The highest BCUT2D eigenvalue weighted by atomic mass is 32.2. The highest BCUT2D eigenvalue weighted by molar-refractivity contribution is 7.74. The molecule has 1 aliphatic carbocycles. The smallest absolute Gasteiger partial charge is 0.316 e. The number of alkyl halides is 2. The average molecular weight is 523 g/mol. The molecular weight excluding hydrogens is 506 g/mol. The Balaban J connectivity index is 1.78. The molecule has 1 aromatic carbocycles. The second-order valence-electron chi connectivity index (χ2n) is 7.58. The number of benzene rings is 1. The summed E-state index contributed by atoms with van der Waals surface area (Å²) >= 11 is 0.640. The van der Waals surface area contributed by atoms with Crippen LogP contribution in [0.3, 0.4) is 0 Å². The number of thiol groups is 1. The molecule has 3 aromatic heterocycles. The molecule has 1 amide bonds. The molecule has 2 N–H and O–H groups in total. The normalized spacial score (nSPS) is 14.5. The van der Waals surface area contributed by atoms with E-state index in [9.17, 15) is 22.0 Å². The van der Waals surface area contributed by atoms with Gasteiger partial charge in [-0.25, -0.2) is 26.9 Å². The van der Waals surface area contributed by atoms with Crippen molar-refractivity contribution in [2.24, 2.45) is 5.73 Å². The molecule has 0 spiro atoms. The standard InChI is InChI=1S/C19H16F2N8O4S2/c1-33-17-23-5-2-12(25-17)10-6-9(29(35(31)32)19(3-4-19)16(22)30)7-13-11(10)8-24-28(13)18-27-26-15(34-18)14(20)21/h2,5-8,14,35H,3-4H2,1H3,(H2,22,30). The zero-order chi connectivity index (χ0) is 24.9. The number of anilines is 1. The van der Waals surface area contributed by atoms with E-state index in [2.05, 4.69) is 25.3 Å². The molecule has 1 aliphatic rings. The van der Waals surface area contributed by atoms with Crippen molar-refractivity contribution in [2.75, 3.05) is 11.4 Å². The van der Waals surface area contributed by atoms with Crippen LogP contribution >= 0.6 is 11.3 Å². The highest BCUT2D eigenvalue weighted by Gasteiger charge is 2.55. The number of primary amides is 1. The fourth-order valence-electron chi connectivity index (χ4n) is 3.77. The fourth-order valence-corrected chi connectivity index (χ4v) is 5.35. The first-order chi connectivity index (χ1) is 16.7. The van der Waals surface area contributed by atoms with Crippen LogP contribution in [0.25, 0.3) is 27.3 Å². The van der Waals surface area contributed by atoms with Crippen LogP contribution < -0.4 is 14.8 Å². The minimum Gasteiger partial charge on any atom is -0.467 e. The number of rotatable bonds is 8. The van der Waals surface area contributed by atoms with E-state index in [0.717, 1.165) is 4.31 Å². The predicted molar refractivity (Wildman–Crippen MR) is 121 cm³/mol. The van der Waals surface area contributed by atoms with Crippen LogP contribution in [0.1, 0.15) is 24.3 Å². The zero-order valence-corrected chi connectivity index (χ0v) is 19.5. The molecule has 1 saturated carbocycles. The van der Waals surface area contributed by atoms with Crippen LogP contribution in [0, 0.1) is 0 Å². The Kier molecular flexibility index (Phi) is 5.55. The van der Waals surface area contributed by atoms with Crippen molar-refractivity contribution in [2.45, 2.75) is 24.8 Å². The summed E-state index contributed by atoms with van der Waals surface area (Å²) in [7, 11) is -1.88. The van der Waals surface area contributed by atoms with E-state index in [1.807, 2.05) is 0 Å². The van der Waals surface area contributed by atoms with E-state index < -0.39 is 33.8 Å². The Bertz CT molecular complexity index is 1520. The number of fused-ring (bicyclic) bond motifs is 1. The first kappa shape index (κ1) is 23.0. The van der Waals surface area contributed by atoms with Crippen LogP contribution in [0.15, 0.2) is 30.6 Å². The highest BCUT2D eigenvalue weighted by Crippen LogP contribution is 2.46. The molecule has 12 nitrogen and oxygen atoms in total. The minimum atomic E-state index is -3.28. The molecule has 35 heavy (non-hydrogen) atoms. The number of methoxy groups -OCH3 is 1. The van der Waals surface area contributed by atoms with Gasteiger partial charge in [0.2, 0.25) is 21.9 Å². The topological polar surface area (TPSA) is 159 Å². The van der Waals surface area contributed by atoms with Gasteiger partial charge in [0.1, 0.15) is 5.54 Å². The van der Waals surface area contributed by atoms with E-state index in [-0.39, 0.29) is 29.7 Å². The number of carbonyl (C=O) groups excluding carboxylic acids is 1. The first-order valence-electron chi connectivity index (χ1n) is 10.0. The number of nitrogens with two attached hydrogens (primary N) is 1. The molecule has 0 atom stereocenters. The molecule has 0 bridgehead atoms. The Morgan fingerprint density at radius 3 is 2.69 bits per heavy atom. The van der Waals surface area contributed by atoms with Crippen LogP contribution in [-0.4, -0.2) is 56.9 Å². The van der Waals surface area contributed by atoms with E-state index in [0.29, 0.717) is 33.5 Å². The zero-order valence-electron chi connectivity index (χ0n) is 17.8. The summed E-state index contributed by atoms with van der Waals surface area (Å²) in [5.41, 5.74) is 5.42. The summed E-state index contributed by atoms with van der Waals surface area (Å²) in [5.74, 6) is -0.777. The first-order valence-corrected chi connectivity index (χ1v) is 12.0. The molecule has 0 radical (unpaired) electrons. The summed E-state index contributed by atoms with van der Waals surface area (Å²) in [5, 5.41) is 11.6.